The van der Waals surface area contributed by atoms with Crippen molar-refractivity contribution in [3.63, 3.8) is 0 Å². The first-order chi connectivity index (χ1) is 12.5. The number of hydrogen-bond donors (Lipinski definition) is 0. The second-order valence-electron chi connectivity index (χ2n) is 6.27. The molecule has 0 fully saturated rings. The van der Waals surface area contributed by atoms with Gasteiger partial charge in [-0.05, 0) is 30.2 Å². The van der Waals surface area contributed by atoms with Crippen LogP contribution in [0.25, 0.3) is 0 Å². The number of carbonyl (C=O) groups excluding carboxylic acids is 1. The zero-order valence-electron chi connectivity index (χ0n) is 14.7. The fourth-order valence-electron chi connectivity index (χ4n) is 2.84. The average molecular weight is 370 g/mol. The Morgan fingerprint density at radius 2 is 1.73 bits per heavy atom. The summed E-state index contributed by atoms with van der Waals surface area (Å²) >= 11 is 6.02. The van der Waals surface area contributed by atoms with Crippen molar-refractivity contribution in [2.75, 3.05) is 7.05 Å². The molecular weight excluding hydrogens is 350 g/mol. The lowest BCUT2D eigenvalue weighted by molar-refractivity contribution is -0.130. The standard InChI is InChI=1S/C20H20ClN3O2/c1-14-19(23-26-22-14)13-24(2)20(25)12-18(15-6-4-3-5-7-15)16-8-10-17(21)11-9-16/h3-11,18H,12-13H2,1-2H3/t18-/m1/s1. The van der Waals surface area contributed by atoms with E-state index in [9.17, 15) is 4.79 Å². The van der Waals surface area contributed by atoms with E-state index in [1.807, 2.05) is 61.5 Å². The van der Waals surface area contributed by atoms with Gasteiger partial charge in [0, 0.05) is 24.4 Å². The molecule has 0 aliphatic rings. The van der Waals surface area contributed by atoms with Crippen molar-refractivity contribution in [2.24, 2.45) is 0 Å². The van der Waals surface area contributed by atoms with Crippen LogP contribution in [0.1, 0.15) is 34.9 Å². The van der Waals surface area contributed by atoms with Gasteiger partial charge in [-0.25, -0.2) is 4.63 Å². The Balaban J connectivity index is 1.80. The van der Waals surface area contributed by atoms with Crippen molar-refractivity contribution in [3.8, 4) is 0 Å². The van der Waals surface area contributed by atoms with Crippen molar-refractivity contribution in [3.05, 3.63) is 82.1 Å². The predicted molar refractivity (Wildman–Crippen MR) is 99.9 cm³/mol. The molecule has 0 radical (unpaired) electrons. The highest BCUT2D eigenvalue weighted by atomic mass is 35.5. The first-order valence-corrected chi connectivity index (χ1v) is 8.75. The van der Waals surface area contributed by atoms with Crippen LogP contribution >= 0.6 is 11.6 Å². The molecule has 134 valence electrons. The number of aromatic nitrogens is 2. The molecule has 2 aromatic carbocycles. The molecule has 0 spiro atoms. The smallest absolute Gasteiger partial charge is 0.223 e. The molecule has 0 aliphatic carbocycles. The third-order valence-corrected chi connectivity index (χ3v) is 4.66. The fraction of sp³-hybridized carbons (Fsp3) is 0.250. The van der Waals surface area contributed by atoms with Crippen molar-refractivity contribution < 1.29 is 9.42 Å². The third kappa shape index (κ3) is 4.29. The van der Waals surface area contributed by atoms with Crippen LogP contribution in [0.2, 0.25) is 5.02 Å². The largest absolute Gasteiger partial charge is 0.340 e. The highest BCUT2D eigenvalue weighted by Gasteiger charge is 2.21. The summed E-state index contributed by atoms with van der Waals surface area (Å²) in [6.07, 6.45) is 0.354. The monoisotopic (exact) mass is 369 g/mol. The van der Waals surface area contributed by atoms with Crippen LogP contribution in [-0.2, 0) is 11.3 Å². The van der Waals surface area contributed by atoms with Gasteiger partial charge < -0.3 is 4.90 Å². The lowest BCUT2D eigenvalue weighted by Crippen LogP contribution is -2.28. The second kappa shape index (κ2) is 8.15. The van der Waals surface area contributed by atoms with Gasteiger partial charge in [0.15, 0.2) is 0 Å². The lowest BCUT2D eigenvalue weighted by Gasteiger charge is -2.22. The second-order valence-corrected chi connectivity index (χ2v) is 6.70. The number of benzene rings is 2. The summed E-state index contributed by atoms with van der Waals surface area (Å²) in [6.45, 7) is 2.18. The van der Waals surface area contributed by atoms with E-state index in [2.05, 4.69) is 10.3 Å². The van der Waals surface area contributed by atoms with E-state index in [1.165, 1.54) is 0 Å². The molecule has 5 nitrogen and oxygen atoms in total. The summed E-state index contributed by atoms with van der Waals surface area (Å²) in [7, 11) is 1.76. The third-order valence-electron chi connectivity index (χ3n) is 4.41. The summed E-state index contributed by atoms with van der Waals surface area (Å²) in [5, 5.41) is 8.28. The Kier molecular flexibility index (Phi) is 5.68. The van der Waals surface area contributed by atoms with Crippen LogP contribution < -0.4 is 0 Å². The molecule has 0 saturated carbocycles. The summed E-state index contributed by atoms with van der Waals surface area (Å²) in [5.74, 6) is -0.0175. The maximum Gasteiger partial charge on any atom is 0.223 e. The van der Waals surface area contributed by atoms with Crippen molar-refractivity contribution in [2.45, 2.75) is 25.8 Å². The molecular formula is C20H20ClN3O2. The van der Waals surface area contributed by atoms with Gasteiger partial charge in [0.1, 0.15) is 11.4 Å². The van der Waals surface area contributed by atoms with E-state index in [-0.39, 0.29) is 11.8 Å². The molecule has 1 atom stereocenters. The predicted octanol–water partition coefficient (Wildman–Crippen LogP) is 4.21. The Hall–Kier alpha value is -2.66. The van der Waals surface area contributed by atoms with Crippen molar-refractivity contribution in [1.82, 2.24) is 15.2 Å². The van der Waals surface area contributed by atoms with Crippen LogP contribution in [0.15, 0.2) is 59.2 Å². The Bertz CT molecular complexity index is 862. The van der Waals surface area contributed by atoms with Gasteiger partial charge in [-0.2, -0.15) is 0 Å². The molecule has 1 heterocycles. The number of aryl methyl sites for hydroxylation is 1. The normalized spacial score (nSPS) is 12.0. The van der Waals surface area contributed by atoms with E-state index < -0.39 is 0 Å². The molecule has 0 saturated heterocycles. The number of nitrogens with zero attached hydrogens (tertiary/aromatic N) is 3. The molecule has 1 amide bonds. The highest BCUT2D eigenvalue weighted by molar-refractivity contribution is 6.30. The Morgan fingerprint density at radius 1 is 1.08 bits per heavy atom. The van der Waals surface area contributed by atoms with Gasteiger partial charge in [0.05, 0.1) is 6.54 Å². The fourth-order valence-corrected chi connectivity index (χ4v) is 2.97. The minimum atomic E-state index is -0.0417. The lowest BCUT2D eigenvalue weighted by atomic mass is 9.88. The van der Waals surface area contributed by atoms with E-state index in [0.717, 1.165) is 11.1 Å². The molecule has 6 heteroatoms. The van der Waals surface area contributed by atoms with Crippen LogP contribution in [0.3, 0.4) is 0 Å². The number of carbonyl (C=O) groups is 1. The first kappa shape index (κ1) is 18.1. The number of rotatable bonds is 6. The quantitative estimate of drug-likeness (QED) is 0.653. The van der Waals surface area contributed by atoms with E-state index in [0.29, 0.717) is 29.4 Å². The highest BCUT2D eigenvalue weighted by Crippen LogP contribution is 2.29. The minimum absolute atomic E-state index is 0.0243. The van der Waals surface area contributed by atoms with Crippen LogP contribution in [0, 0.1) is 6.92 Å². The Labute approximate surface area is 157 Å². The molecule has 0 bridgehead atoms. The van der Waals surface area contributed by atoms with E-state index in [1.54, 1.807) is 11.9 Å². The molecule has 1 aromatic heterocycles. The van der Waals surface area contributed by atoms with Gasteiger partial charge in [-0.3, -0.25) is 4.79 Å². The summed E-state index contributed by atoms with van der Waals surface area (Å²) in [5.41, 5.74) is 3.52. The maximum atomic E-state index is 12.8. The number of hydrogen-bond acceptors (Lipinski definition) is 4. The molecule has 3 rings (SSSR count). The first-order valence-electron chi connectivity index (χ1n) is 8.37. The van der Waals surface area contributed by atoms with Crippen LogP contribution in [0.5, 0.6) is 0 Å². The molecule has 0 unspecified atom stereocenters. The molecule has 26 heavy (non-hydrogen) atoms. The topological polar surface area (TPSA) is 59.2 Å². The molecule has 0 aliphatic heterocycles. The van der Waals surface area contributed by atoms with Gasteiger partial charge in [0.25, 0.3) is 0 Å². The zero-order chi connectivity index (χ0) is 18.5. The SMILES string of the molecule is Cc1nonc1CN(C)C(=O)C[C@H](c1ccccc1)c1ccc(Cl)cc1. The number of halogens is 1. The van der Waals surface area contributed by atoms with E-state index >= 15 is 0 Å². The van der Waals surface area contributed by atoms with Gasteiger partial charge >= 0.3 is 0 Å². The van der Waals surface area contributed by atoms with Gasteiger partial charge in [-0.15, -0.1) is 0 Å². The van der Waals surface area contributed by atoms with Crippen LogP contribution in [0.4, 0.5) is 0 Å². The van der Waals surface area contributed by atoms with Crippen molar-refractivity contribution in [1.29, 1.82) is 0 Å². The van der Waals surface area contributed by atoms with Crippen molar-refractivity contribution >= 4 is 17.5 Å². The van der Waals surface area contributed by atoms with Crippen LogP contribution in [-0.4, -0.2) is 28.2 Å². The van der Waals surface area contributed by atoms with E-state index in [4.69, 9.17) is 16.2 Å². The minimum Gasteiger partial charge on any atom is -0.340 e. The summed E-state index contributed by atoms with van der Waals surface area (Å²) in [4.78, 5) is 14.5. The molecule has 0 N–H and O–H groups in total. The summed E-state index contributed by atoms with van der Waals surface area (Å²) in [6, 6.07) is 17.7. The van der Waals surface area contributed by atoms with Gasteiger partial charge in [0.2, 0.25) is 5.91 Å². The zero-order valence-corrected chi connectivity index (χ0v) is 15.5. The summed E-state index contributed by atoms with van der Waals surface area (Å²) < 4.78 is 4.71. The maximum absolute atomic E-state index is 12.8. The molecule has 3 aromatic rings. The number of amides is 1. The Morgan fingerprint density at radius 3 is 2.35 bits per heavy atom. The van der Waals surface area contributed by atoms with Gasteiger partial charge in [-0.1, -0.05) is 64.4 Å². The average Bonchev–Trinajstić information content (AvgIpc) is 3.05.